The summed E-state index contributed by atoms with van der Waals surface area (Å²) in [7, 11) is 0. The molecule has 1 aliphatic heterocycles. The molecular formula is C86H154N2Pd. The fourth-order valence-electron chi connectivity index (χ4n) is 13.8. The molecular weight excluding hydrogens is 1170 g/mol. The van der Waals surface area contributed by atoms with Crippen LogP contribution in [0.2, 0.25) is 9.79 Å². The molecule has 0 radical (unpaired) electrons. The molecule has 0 fully saturated rings. The van der Waals surface area contributed by atoms with E-state index >= 15 is 0 Å². The normalized spacial score (nSPS) is 12.4. The zero-order valence-electron chi connectivity index (χ0n) is 61.5. The van der Waals surface area contributed by atoms with Crippen molar-refractivity contribution in [2.45, 2.75) is 450 Å². The van der Waals surface area contributed by atoms with Crippen LogP contribution in [-0.4, -0.2) is 4.70 Å². The Kier molecular flexibility index (Phi) is 58.3. The molecule has 0 spiro atoms. The number of allylic oxidation sites excluding steroid dienone is 2. The zero-order chi connectivity index (χ0) is 64.1. The van der Waals surface area contributed by atoms with Crippen molar-refractivity contribution in [3.05, 3.63) is 86.5 Å². The Bertz CT molecular complexity index is 1770. The first-order valence-electron chi connectivity index (χ1n) is 40.6. The summed E-state index contributed by atoms with van der Waals surface area (Å²) in [5.41, 5.74) is 25.6. The van der Waals surface area contributed by atoms with Gasteiger partial charge in [-0.15, -0.1) is 0 Å². The summed E-state index contributed by atoms with van der Waals surface area (Å²) >= 11 is 1.06. The van der Waals surface area contributed by atoms with Crippen LogP contribution in [0.3, 0.4) is 0 Å². The van der Waals surface area contributed by atoms with Gasteiger partial charge in [-0.3, -0.25) is 0 Å². The number of rotatable bonds is 64. The summed E-state index contributed by atoms with van der Waals surface area (Å²) in [5.74, 6) is 0. The average Bonchev–Trinajstić information content (AvgIpc) is 2.02. The Balaban J connectivity index is 0.000000628. The van der Waals surface area contributed by atoms with Crippen molar-refractivity contribution in [3.8, 4) is 0 Å². The van der Waals surface area contributed by atoms with Gasteiger partial charge in [0.1, 0.15) is 0 Å². The SMILES string of the molecule is CCCCCCCCCCCCCCCCCC[CH2][Pd][CH2]CCCCCCCCCCCCCCCCCC.CCCCCCc1cc(C2=CC=C(c3cc(CCCCCC)c(CCCC)c(CCCCCC)c3)[N+]2=[N-])cc(CCCCCC)c1CCCC. The predicted molar refractivity (Wildman–Crippen MR) is 399 cm³/mol. The van der Waals surface area contributed by atoms with Gasteiger partial charge in [0.15, 0.2) is 0 Å². The van der Waals surface area contributed by atoms with E-state index in [1.807, 2.05) is 0 Å². The van der Waals surface area contributed by atoms with Crippen LogP contribution in [0.1, 0.15) is 447 Å². The average molecular weight is 1320 g/mol. The van der Waals surface area contributed by atoms with E-state index in [9.17, 15) is 5.53 Å². The second-order valence-corrected chi connectivity index (χ2v) is 30.5. The third-order valence-corrected chi connectivity index (χ3v) is 21.9. The van der Waals surface area contributed by atoms with Gasteiger partial charge in [0.25, 0.3) is 0 Å². The van der Waals surface area contributed by atoms with Crippen LogP contribution >= 0.6 is 0 Å². The minimum atomic E-state index is 0.940. The van der Waals surface area contributed by atoms with E-state index in [-0.39, 0.29) is 0 Å². The third-order valence-electron chi connectivity index (χ3n) is 19.7. The molecule has 0 atom stereocenters. The fourth-order valence-corrected chi connectivity index (χ4v) is 15.8. The Morgan fingerprint density at radius 1 is 0.236 bits per heavy atom. The molecule has 2 aromatic carbocycles. The smallest absolute Gasteiger partial charge is 0.493 e. The standard InChI is InChI=1S/C48H76N2.2C19H39.Pd/c1-7-13-19-23-27-39-35-43(36-40(28-24-20-14-8-2)45(39)31-17-11-5)47-33-34-48(50(47)49)44-37-41(29-25-21-15-9-3)46(32-18-12-6)42(38-44)30-26-22-16-10-4;2*1-3-5-7-9-11-13-15-17-19-18-16-14-12-10-8-6-4-2;/h33-38H,7-32H2,1-6H3;2*1,3-19H2,2H3;. The molecule has 0 unspecified atom stereocenters. The first kappa shape index (κ1) is 83.3. The molecule has 3 rings (SSSR count). The molecule has 0 aromatic heterocycles. The van der Waals surface area contributed by atoms with Crippen molar-refractivity contribution in [1.29, 1.82) is 0 Å². The van der Waals surface area contributed by atoms with Gasteiger partial charge in [-0.25, -0.2) is 4.70 Å². The van der Waals surface area contributed by atoms with Crippen LogP contribution in [0.25, 0.3) is 16.9 Å². The topological polar surface area (TPSA) is 25.3 Å². The number of unbranched alkanes of at least 4 members (excludes halogenated alkanes) is 46. The van der Waals surface area contributed by atoms with Gasteiger partial charge in [0, 0.05) is 23.3 Å². The second kappa shape index (κ2) is 62.3. The van der Waals surface area contributed by atoms with E-state index in [1.165, 1.54) is 398 Å². The predicted octanol–water partition coefficient (Wildman–Crippen LogP) is 30.5. The summed E-state index contributed by atoms with van der Waals surface area (Å²) in [5, 5.41) is 0. The maximum absolute atomic E-state index is 12.0. The van der Waals surface area contributed by atoms with E-state index in [0.29, 0.717) is 0 Å². The molecule has 1 aliphatic rings. The molecule has 89 heavy (non-hydrogen) atoms. The van der Waals surface area contributed by atoms with Crippen LogP contribution in [0.4, 0.5) is 0 Å². The van der Waals surface area contributed by atoms with Crippen molar-refractivity contribution in [3.63, 3.8) is 0 Å². The Hall–Kier alpha value is -1.82. The van der Waals surface area contributed by atoms with Gasteiger partial charge >= 0.3 is 169 Å². The summed E-state index contributed by atoms with van der Waals surface area (Å²) in [6, 6.07) is 9.80. The van der Waals surface area contributed by atoms with Crippen LogP contribution in [-0.2, 0) is 56.5 Å². The quantitative estimate of drug-likeness (QED) is 0.0358. The number of benzene rings is 2. The van der Waals surface area contributed by atoms with Gasteiger partial charge in [-0.1, -0.05) is 222 Å². The first-order valence-corrected chi connectivity index (χ1v) is 42.8. The van der Waals surface area contributed by atoms with Crippen molar-refractivity contribution < 1.29 is 22.7 Å². The van der Waals surface area contributed by atoms with Gasteiger partial charge in [-0.2, -0.15) is 0 Å². The third kappa shape index (κ3) is 43.0. The van der Waals surface area contributed by atoms with E-state index in [4.69, 9.17) is 0 Å². The number of hydrogen-bond donors (Lipinski definition) is 0. The van der Waals surface area contributed by atoms with Crippen LogP contribution in [0, 0.1) is 0 Å². The van der Waals surface area contributed by atoms with Gasteiger partial charge < -0.3 is 5.53 Å². The van der Waals surface area contributed by atoms with Gasteiger partial charge in [0.05, 0.1) is 0 Å². The molecule has 518 valence electrons. The Labute approximate surface area is 567 Å². The Morgan fingerprint density at radius 2 is 0.427 bits per heavy atom. The minimum Gasteiger partial charge on any atom is -0.493 e. The molecule has 0 saturated carbocycles. The monoisotopic (exact) mass is 1320 g/mol. The zero-order valence-corrected chi connectivity index (χ0v) is 63.1. The Morgan fingerprint density at radius 3 is 0.640 bits per heavy atom. The molecule has 0 amide bonds. The maximum atomic E-state index is 12.0. The molecule has 0 N–H and O–H groups in total. The van der Waals surface area contributed by atoms with Crippen molar-refractivity contribution in [1.82, 2.24) is 0 Å². The van der Waals surface area contributed by atoms with Crippen molar-refractivity contribution >= 4 is 11.4 Å². The van der Waals surface area contributed by atoms with Crippen LogP contribution in [0.15, 0.2) is 36.4 Å². The first-order chi connectivity index (χ1) is 43.9. The van der Waals surface area contributed by atoms with Gasteiger partial charge in [0.2, 0.25) is 11.4 Å². The summed E-state index contributed by atoms with van der Waals surface area (Å²) in [6.45, 7) is 18.5. The van der Waals surface area contributed by atoms with E-state index in [1.54, 1.807) is 20.9 Å². The van der Waals surface area contributed by atoms with Gasteiger partial charge in [-0.05, 0) is 135 Å². The number of nitrogens with zero attached hydrogens (tertiary/aromatic N) is 2. The minimum absolute atomic E-state index is 0.940. The van der Waals surface area contributed by atoms with Crippen molar-refractivity contribution in [2.75, 3.05) is 0 Å². The van der Waals surface area contributed by atoms with Crippen LogP contribution in [0.5, 0.6) is 0 Å². The second-order valence-electron chi connectivity index (χ2n) is 28.2. The van der Waals surface area contributed by atoms with Crippen LogP contribution < -0.4 is 0 Å². The van der Waals surface area contributed by atoms with Crippen molar-refractivity contribution in [2.24, 2.45) is 0 Å². The molecule has 0 saturated heterocycles. The molecule has 0 bridgehead atoms. The van der Waals surface area contributed by atoms with E-state index in [2.05, 4.69) is 91.8 Å². The molecule has 2 aromatic rings. The number of hydrogen-bond acceptors (Lipinski definition) is 0. The summed E-state index contributed by atoms with van der Waals surface area (Å²) in [6.07, 6.45) is 87.4. The van der Waals surface area contributed by atoms with E-state index in [0.717, 1.165) is 55.1 Å². The molecule has 2 nitrogen and oxygen atoms in total. The summed E-state index contributed by atoms with van der Waals surface area (Å²) in [4.78, 5) is 3.09. The van der Waals surface area contributed by atoms with E-state index < -0.39 is 0 Å². The fraction of sp³-hybridized carbons (Fsp3) is 0.814. The molecule has 3 heteroatoms. The molecule has 0 aliphatic carbocycles. The number of aryl methyl sites for hydroxylation is 4. The summed E-state index contributed by atoms with van der Waals surface area (Å²) < 4.78 is 1.53. The molecule has 1 heterocycles.